The van der Waals surface area contributed by atoms with Crippen LogP contribution in [-0.2, 0) is 10.2 Å². The second kappa shape index (κ2) is 5.91. The minimum Gasteiger partial charge on any atom is -0.393 e. The first kappa shape index (κ1) is 15.2. The molecule has 0 radical (unpaired) electrons. The van der Waals surface area contributed by atoms with Gasteiger partial charge in [0.25, 0.3) is 0 Å². The minimum absolute atomic E-state index is 0.0960. The molecule has 1 aromatic rings. The van der Waals surface area contributed by atoms with Crippen molar-refractivity contribution in [3.8, 4) is 0 Å². The number of hydrogen-bond acceptors (Lipinski definition) is 3. The van der Waals surface area contributed by atoms with Crippen LogP contribution in [0.3, 0.4) is 0 Å². The number of carbonyl (C=O) groups excluding carboxylic acids is 1. The first-order valence-electron chi connectivity index (χ1n) is 9.02. The smallest absolute Gasteiger partial charge is 0.235 e. The van der Waals surface area contributed by atoms with E-state index in [9.17, 15) is 9.90 Å². The molecule has 0 saturated heterocycles. The molecule has 0 unspecified atom stereocenters. The number of anilines is 1. The monoisotopic (exact) mass is 314 g/mol. The maximum absolute atomic E-state index is 12.6. The zero-order valence-electron chi connectivity index (χ0n) is 13.6. The van der Waals surface area contributed by atoms with E-state index in [1.54, 1.807) is 0 Å². The first-order valence-corrected chi connectivity index (χ1v) is 9.02. The van der Waals surface area contributed by atoms with Crippen LogP contribution in [-0.4, -0.2) is 29.2 Å². The van der Waals surface area contributed by atoms with Gasteiger partial charge in [0.05, 0.1) is 11.5 Å². The lowest BCUT2D eigenvalue weighted by atomic mass is 9.68. The zero-order valence-corrected chi connectivity index (χ0v) is 13.6. The molecule has 4 heteroatoms. The molecule has 3 aliphatic rings. The number of aliphatic hydroxyl groups is 1. The third-order valence-electron chi connectivity index (χ3n) is 6.13. The molecular formula is C19H26N2O2. The quantitative estimate of drug-likeness (QED) is 0.786. The topological polar surface area (TPSA) is 61.4 Å². The van der Waals surface area contributed by atoms with Gasteiger partial charge in [-0.3, -0.25) is 4.79 Å². The average Bonchev–Trinajstić information content (AvgIpc) is 2.84. The Bertz CT molecular complexity index is 585. The van der Waals surface area contributed by atoms with Crippen LogP contribution in [0.1, 0.15) is 56.9 Å². The van der Waals surface area contributed by atoms with E-state index in [1.165, 1.54) is 5.56 Å². The Balaban J connectivity index is 1.40. The highest BCUT2D eigenvalue weighted by molar-refractivity contribution is 6.06. The van der Waals surface area contributed by atoms with Gasteiger partial charge < -0.3 is 15.7 Å². The van der Waals surface area contributed by atoms with Crippen LogP contribution >= 0.6 is 0 Å². The van der Waals surface area contributed by atoms with E-state index in [-0.39, 0.29) is 17.4 Å². The molecule has 1 aliphatic heterocycles. The summed E-state index contributed by atoms with van der Waals surface area (Å²) in [5.74, 6) is 0.193. The van der Waals surface area contributed by atoms with Crippen molar-refractivity contribution in [1.82, 2.24) is 5.32 Å². The van der Waals surface area contributed by atoms with E-state index in [2.05, 4.69) is 16.7 Å². The summed E-state index contributed by atoms with van der Waals surface area (Å²) >= 11 is 0. The number of fused-ring (bicyclic) bond motifs is 2. The van der Waals surface area contributed by atoms with E-state index in [1.807, 2.05) is 18.2 Å². The Kier molecular flexibility index (Phi) is 3.90. The molecule has 2 aliphatic carbocycles. The van der Waals surface area contributed by atoms with Crippen molar-refractivity contribution in [2.24, 2.45) is 0 Å². The summed E-state index contributed by atoms with van der Waals surface area (Å²) in [5.41, 5.74) is 1.91. The van der Waals surface area contributed by atoms with Gasteiger partial charge in [0, 0.05) is 17.8 Å². The molecule has 23 heavy (non-hydrogen) atoms. The lowest BCUT2D eigenvalue weighted by molar-refractivity contribution is -0.122. The number of amides is 1. The Morgan fingerprint density at radius 1 is 1.00 bits per heavy atom. The zero-order chi connectivity index (χ0) is 15.9. The van der Waals surface area contributed by atoms with E-state index >= 15 is 0 Å². The highest BCUT2D eigenvalue weighted by atomic mass is 16.3. The van der Waals surface area contributed by atoms with Crippen molar-refractivity contribution in [3.05, 3.63) is 29.8 Å². The molecule has 124 valence electrons. The van der Waals surface area contributed by atoms with Gasteiger partial charge in [0.2, 0.25) is 5.91 Å². The van der Waals surface area contributed by atoms with Crippen LogP contribution in [0, 0.1) is 0 Å². The molecule has 0 aromatic heterocycles. The summed E-state index contributed by atoms with van der Waals surface area (Å²) in [6.07, 6.45) is 7.88. The highest BCUT2D eigenvalue weighted by Crippen LogP contribution is 2.47. The number of carbonyl (C=O) groups is 1. The SMILES string of the molecule is O=C1Nc2ccccc2C12CCC(NC1CCC(O)CC1)CC2. The van der Waals surface area contributed by atoms with Crippen LogP contribution in [0.2, 0.25) is 0 Å². The maximum atomic E-state index is 12.6. The molecule has 1 spiro atoms. The molecule has 2 saturated carbocycles. The fourth-order valence-corrected chi connectivity index (χ4v) is 4.72. The summed E-state index contributed by atoms with van der Waals surface area (Å²) in [6, 6.07) is 9.22. The fraction of sp³-hybridized carbons (Fsp3) is 0.632. The molecule has 3 N–H and O–H groups in total. The first-order chi connectivity index (χ1) is 11.2. The molecule has 1 heterocycles. The van der Waals surface area contributed by atoms with Crippen molar-refractivity contribution >= 4 is 11.6 Å². The van der Waals surface area contributed by atoms with Gasteiger partial charge in [-0.25, -0.2) is 0 Å². The van der Waals surface area contributed by atoms with Crippen molar-refractivity contribution < 1.29 is 9.90 Å². The average molecular weight is 314 g/mol. The van der Waals surface area contributed by atoms with Gasteiger partial charge in [-0.05, 0) is 63.0 Å². The van der Waals surface area contributed by atoms with E-state index in [0.29, 0.717) is 12.1 Å². The molecule has 2 fully saturated rings. The number of aliphatic hydroxyl groups excluding tert-OH is 1. The third-order valence-corrected chi connectivity index (χ3v) is 6.13. The molecule has 0 atom stereocenters. The summed E-state index contributed by atoms with van der Waals surface area (Å²) in [5, 5.41) is 16.5. The number of hydrogen-bond donors (Lipinski definition) is 3. The summed E-state index contributed by atoms with van der Waals surface area (Å²) in [4.78, 5) is 12.6. The Labute approximate surface area is 137 Å². The lowest BCUT2D eigenvalue weighted by Crippen LogP contribution is -2.47. The van der Waals surface area contributed by atoms with Crippen LogP contribution in [0.15, 0.2) is 24.3 Å². The molecule has 1 amide bonds. The van der Waals surface area contributed by atoms with E-state index in [0.717, 1.165) is 57.1 Å². The van der Waals surface area contributed by atoms with E-state index in [4.69, 9.17) is 0 Å². The number of nitrogens with one attached hydrogen (secondary N) is 2. The van der Waals surface area contributed by atoms with Crippen molar-refractivity contribution in [3.63, 3.8) is 0 Å². The lowest BCUT2D eigenvalue weighted by Gasteiger charge is -2.38. The van der Waals surface area contributed by atoms with Gasteiger partial charge in [-0.2, -0.15) is 0 Å². The number of para-hydroxylation sites is 1. The van der Waals surface area contributed by atoms with Crippen LogP contribution in [0.25, 0.3) is 0 Å². The summed E-state index contributed by atoms with van der Waals surface area (Å²) < 4.78 is 0. The summed E-state index contributed by atoms with van der Waals surface area (Å²) in [6.45, 7) is 0. The van der Waals surface area contributed by atoms with Crippen molar-refractivity contribution in [1.29, 1.82) is 0 Å². The van der Waals surface area contributed by atoms with Crippen LogP contribution in [0.4, 0.5) is 5.69 Å². The second-order valence-electron chi connectivity index (χ2n) is 7.53. The minimum atomic E-state index is -0.294. The molecule has 4 rings (SSSR count). The predicted octanol–water partition coefficient (Wildman–Crippen LogP) is 2.71. The highest BCUT2D eigenvalue weighted by Gasteiger charge is 2.48. The van der Waals surface area contributed by atoms with Gasteiger partial charge in [-0.1, -0.05) is 18.2 Å². The van der Waals surface area contributed by atoms with Crippen LogP contribution in [0.5, 0.6) is 0 Å². The van der Waals surface area contributed by atoms with Crippen molar-refractivity contribution in [2.75, 3.05) is 5.32 Å². The number of benzene rings is 1. The molecular weight excluding hydrogens is 288 g/mol. The van der Waals surface area contributed by atoms with Crippen LogP contribution < -0.4 is 10.6 Å². The van der Waals surface area contributed by atoms with E-state index < -0.39 is 0 Å². The normalized spacial score (nSPS) is 36.7. The predicted molar refractivity (Wildman–Crippen MR) is 90.4 cm³/mol. The Hall–Kier alpha value is -1.39. The van der Waals surface area contributed by atoms with Gasteiger partial charge in [0.1, 0.15) is 0 Å². The molecule has 1 aromatic carbocycles. The Morgan fingerprint density at radius 2 is 1.65 bits per heavy atom. The third kappa shape index (κ3) is 2.68. The van der Waals surface area contributed by atoms with Gasteiger partial charge in [0.15, 0.2) is 0 Å². The summed E-state index contributed by atoms with van der Waals surface area (Å²) in [7, 11) is 0. The van der Waals surface area contributed by atoms with Crippen molar-refractivity contribution in [2.45, 2.75) is 75.0 Å². The largest absolute Gasteiger partial charge is 0.393 e. The number of rotatable bonds is 2. The Morgan fingerprint density at radius 3 is 2.39 bits per heavy atom. The molecule has 0 bridgehead atoms. The van der Waals surface area contributed by atoms with Gasteiger partial charge in [-0.15, -0.1) is 0 Å². The molecule has 4 nitrogen and oxygen atoms in total. The fourth-order valence-electron chi connectivity index (χ4n) is 4.72. The second-order valence-corrected chi connectivity index (χ2v) is 7.53. The van der Waals surface area contributed by atoms with Gasteiger partial charge >= 0.3 is 0 Å². The maximum Gasteiger partial charge on any atom is 0.235 e. The standard InChI is InChI=1S/C19H26N2O2/c22-15-7-5-13(6-8-15)20-14-9-11-19(12-10-14)16-3-1-2-4-17(16)21-18(19)23/h1-4,13-15,20,22H,5-12H2,(H,21,23).